The summed E-state index contributed by atoms with van der Waals surface area (Å²) >= 11 is 0. The first kappa shape index (κ1) is 14.5. The van der Waals surface area contributed by atoms with Gasteiger partial charge in [0.15, 0.2) is 0 Å². The molecule has 106 valence electrons. The molecule has 1 unspecified atom stereocenters. The Morgan fingerprint density at radius 2 is 2.00 bits per heavy atom. The van der Waals surface area contributed by atoms with E-state index in [1.165, 1.54) is 0 Å². The molecule has 19 heavy (non-hydrogen) atoms. The monoisotopic (exact) mass is 263 g/mol. The summed E-state index contributed by atoms with van der Waals surface area (Å²) in [5.74, 6) is 0.285. The summed E-state index contributed by atoms with van der Waals surface area (Å²) < 4.78 is 0. The molecule has 0 amide bonds. The molecule has 1 aliphatic rings. The van der Waals surface area contributed by atoms with Crippen molar-refractivity contribution in [1.29, 1.82) is 0 Å². The van der Waals surface area contributed by atoms with Crippen molar-refractivity contribution >= 4 is 0 Å². The van der Waals surface area contributed by atoms with Crippen LogP contribution in [0.15, 0.2) is 0 Å². The van der Waals surface area contributed by atoms with Crippen LogP contribution in [0.4, 0.5) is 0 Å². The Kier molecular flexibility index (Phi) is 3.72. The van der Waals surface area contributed by atoms with Crippen LogP contribution < -0.4 is 0 Å². The molecule has 0 aliphatic heterocycles. The first-order valence-corrected chi connectivity index (χ1v) is 7.08. The molecule has 0 fully saturated rings. The zero-order valence-corrected chi connectivity index (χ0v) is 12.6. The summed E-state index contributed by atoms with van der Waals surface area (Å²) in [6.45, 7) is 10.5. The van der Waals surface area contributed by atoms with E-state index in [4.69, 9.17) is 4.98 Å². The molecule has 0 saturated heterocycles. The number of aliphatic hydroxyl groups excluding tert-OH is 2. The van der Waals surface area contributed by atoms with Gasteiger partial charge < -0.3 is 10.2 Å². The Morgan fingerprint density at radius 3 is 2.53 bits per heavy atom. The Morgan fingerprint density at radius 1 is 1.37 bits per heavy atom. The van der Waals surface area contributed by atoms with E-state index in [0.717, 1.165) is 40.9 Å². The van der Waals surface area contributed by atoms with Crippen LogP contribution in [0.2, 0.25) is 0 Å². The maximum absolute atomic E-state index is 10.4. The molecule has 1 heterocycles. The lowest BCUT2D eigenvalue weighted by Gasteiger charge is -2.36. The lowest BCUT2D eigenvalue weighted by atomic mass is 9.73. The maximum atomic E-state index is 10.4. The van der Waals surface area contributed by atoms with Gasteiger partial charge in [-0.2, -0.15) is 0 Å². The van der Waals surface area contributed by atoms with Gasteiger partial charge in [0, 0.05) is 22.5 Å². The molecule has 3 heteroatoms. The van der Waals surface area contributed by atoms with Gasteiger partial charge in [0.1, 0.15) is 0 Å². The van der Waals surface area contributed by atoms with E-state index in [-0.39, 0.29) is 17.9 Å². The molecule has 0 radical (unpaired) electrons. The minimum atomic E-state index is -0.460. The van der Waals surface area contributed by atoms with E-state index in [2.05, 4.69) is 27.7 Å². The van der Waals surface area contributed by atoms with Crippen LogP contribution in [0.5, 0.6) is 0 Å². The predicted octanol–water partition coefficient (Wildman–Crippen LogP) is 3.01. The number of pyridine rings is 1. The van der Waals surface area contributed by atoms with E-state index in [9.17, 15) is 10.2 Å². The zero-order valence-electron chi connectivity index (χ0n) is 12.6. The van der Waals surface area contributed by atoms with Crippen molar-refractivity contribution in [2.24, 2.45) is 5.41 Å². The van der Waals surface area contributed by atoms with E-state index in [0.29, 0.717) is 0 Å². The van der Waals surface area contributed by atoms with E-state index in [1.807, 2.05) is 6.92 Å². The number of aliphatic hydroxyl groups is 2. The van der Waals surface area contributed by atoms with Crippen LogP contribution >= 0.6 is 0 Å². The molecule has 2 N–H and O–H groups in total. The molecule has 2 rings (SSSR count). The molecule has 1 aliphatic carbocycles. The normalized spacial score (nSPS) is 21.6. The number of hydrogen-bond donors (Lipinski definition) is 2. The van der Waals surface area contributed by atoms with Crippen LogP contribution in [0.25, 0.3) is 0 Å². The van der Waals surface area contributed by atoms with Gasteiger partial charge in [-0.1, -0.05) is 27.7 Å². The topological polar surface area (TPSA) is 53.4 Å². The van der Waals surface area contributed by atoms with Gasteiger partial charge in [0.2, 0.25) is 0 Å². The molecule has 0 spiro atoms. The Bertz CT molecular complexity index is 492. The van der Waals surface area contributed by atoms with Gasteiger partial charge in [0.05, 0.1) is 12.7 Å². The molecule has 1 atom stereocenters. The highest BCUT2D eigenvalue weighted by atomic mass is 16.3. The summed E-state index contributed by atoms with van der Waals surface area (Å²) in [5, 5.41) is 20.0. The molecular weight excluding hydrogens is 238 g/mol. The van der Waals surface area contributed by atoms with E-state index in [1.54, 1.807) is 0 Å². The summed E-state index contributed by atoms with van der Waals surface area (Å²) in [4.78, 5) is 4.77. The Balaban J connectivity index is 2.65. The summed E-state index contributed by atoms with van der Waals surface area (Å²) in [6.07, 6.45) is 1.19. The van der Waals surface area contributed by atoms with Crippen molar-refractivity contribution in [2.75, 3.05) is 0 Å². The maximum Gasteiger partial charge on any atom is 0.0815 e. The van der Waals surface area contributed by atoms with Crippen LogP contribution in [-0.4, -0.2) is 15.2 Å². The summed E-state index contributed by atoms with van der Waals surface area (Å²) in [5.41, 5.74) is 4.95. The highest BCUT2D eigenvalue weighted by molar-refractivity contribution is 5.43. The Labute approximate surface area is 115 Å². The van der Waals surface area contributed by atoms with Crippen molar-refractivity contribution < 1.29 is 10.2 Å². The average Bonchev–Trinajstić information content (AvgIpc) is 2.25. The molecule has 0 aromatic carbocycles. The number of fused-ring (bicyclic) bond motifs is 1. The third-order valence-electron chi connectivity index (χ3n) is 4.16. The second-order valence-corrected chi connectivity index (χ2v) is 6.83. The fourth-order valence-corrected chi connectivity index (χ4v) is 3.25. The van der Waals surface area contributed by atoms with Gasteiger partial charge >= 0.3 is 0 Å². The van der Waals surface area contributed by atoms with Gasteiger partial charge in [-0.3, -0.25) is 4.98 Å². The molecular formula is C16H25NO2. The van der Waals surface area contributed by atoms with Crippen molar-refractivity contribution in [3.05, 3.63) is 28.1 Å². The average molecular weight is 263 g/mol. The van der Waals surface area contributed by atoms with Gasteiger partial charge in [-0.15, -0.1) is 0 Å². The fraction of sp³-hybridized carbons (Fsp3) is 0.688. The third kappa shape index (κ3) is 2.54. The summed E-state index contributed by atoms with van der Waals surface area (Å²) in [6, 6.07) is 0. The van der Waals surface area contributed by atoms with Crippen LogP contribution in [0, 0.1) is 12.3 Å². The quantitative estimate of drug-likeness (QED) is 0.862. The van der Waals surface area contributed by atoms with Crippen molar-refractivity contribution in [2.45, 2.75) is 66.1 Å². The number of nitrogens with zero attached hydrogens (tertiary/aromatic N) is 1. The molecule has 0 saturated carbocycles. The van der Waals surface area contributed by atoms with Crippen molar-refractivity contribution in [3.8, 4) is 0 Å². The predicted molar refractivity (Wildman–Crippen MR) is 76.0 cm³/mol. The van der Waals surface area contributed by atoms with Crippen LogP contribution in [-0.2, 0) is 13.0 Å². The molecule has 3 nitrogen and oxygen atoms in total. The van der Waals surface area contributed by atoms with E-state index < -0.39 is 6.10 Å². The highest BCUT2D eigenvalue weighted by Gasteiger charge is 2.34. The van der Waals surface area contributed by atoms with Gasteiger partial charge in [0.25, 0.3) is 0 Å². The number of rotatable bonds is 2. The second-order valence-electron chi connectivity index (χ2n) is 6.83. The molecule has 0 bridgehead atoms. The van der Waals surface area contributed by atoms with E-state index >= 15 is 0 Å². The first-order valence-electron chi connectivity index (χ1n) is 7.08. The highest BCUT2D eigenvalue weighted by Crippen LogP contribution is 2.42. The Hall–Kier alpha value is -0.930. The minimum Gasteiger partial charge on any atom is -0.392 e. The fourth-order valence-electron chi connectivity index (χ4n) is 3.25. The number of hydrogen-bond acceptors (Lipinski definition) is 3. The van der Waals surface area contributed by atoms with Gasteiger partial charge in [-0.05, 0) is 36.7 Å². The van der Waals surface area contributed by atoms with Crippen LogP contribution in [0.1, 0.15) is 74.2 Å². The van der Waals surface area contributed by atoms with Crippen LogP contribution in [0.3, 0.4) is 0 Å². The van der Waals surface area contributed by atoms with Crippen molar-refractivity contribution in [3.63, 3.8) is 0 Å². The standard InChI is InChI=1S/C16H25NO2/c1-9(2)15-11(8-18)10(3)14-12(17-15)6-16(4,5)7-13(14)19/h9,13,18-19H,6-8H2,1-5H3. The SMILES string of the molecule is Cc1c(CO)c(C(C)C)nc2c1C(O)CC(C)(C)C2. The largest absolute Gasteiger partial charge is 0.392 e. The lowest BCUT2D eigenvalue weighted by molar-refractivity contribution is 0.0970. The molecule has 1 aromatic heterocycles. The first-order chi connectivity index (χ1) is 8.76. The molecule has 1 aromatic rings. The minimum absolute atomic E-state index is 0.00423. The second kappa shape index (κ2) is 4.88. The smallest absolute Gasteiger partial charge is 0.0815 e. The lowest BCUT2D eigenvalue weighted by Crippen LogP contribution is -2.28. The zero-order chi connectivity index (χ0) is 14.4. The number of aromatic nitrogens is 1. The van der Waals surface area contributed by atoms with Gasteiger partial charge in [-0.25, -0.2) is 0 Å². The summed E-state index contributed by atoms with van der Waals surface area (Å²) in [7, 11) is 0. The van der Waals surface area contributed by atoms with Crippen molar-refractivity contribution in [1.82, 2.24) is 4.98 Å². The third-order valence-corrected chi connectivity index (χ3v) is 4.16.